The van der Waals surface area contributed by atoms with Crippen molar-refractivity contribution in [1.82, 2.24) is 20.0 Å². The third kappa shape index (κ3) is 3.00. The molecule has 1 atom stereocenters. The van der Waals surface area contributed by atoms with Crippen molar-refractivity contribution in [3.8, 4) is 11.4 Å². The maximum absolute atomic E-state index is 5.43. The summed E-state index contributed by atoms with van der Waals surface area (Å²) in [7, 11) is 0. The van der Waals surface area contributed by atoms with Crippen LogP contribution in [-0.2, 0) is 6.54 Å². The average molecular weight is 306 g/mol. The largest absolute Gasteiger partial charge is 0.338 e. The molecule has 2 aromatic heterocycles. The monoisotopic (exact) mass is 306 g/mol. The molecular weight excluding hydrogens is 288 g/mol. The highest BCUT2D eigenvalue weighted by Crippen LogP contribution is 2.32. The van der Waals surface area contributed by atoms with Gasteiger partial charge < -0.3 is 4.52 Å². The van der Waals surface area contributed by atoms with Crippen LogP contribution in [0.15, 0.2) is 59.4 Å². The van der Waals surface area contributed by atoms with Crippen molar-refractivity contribution < 1.29 is 4.52 Å². The molecule has 3 heterocycles. The molecule has 116 valence electrons. The van der Waals surface area contributed by atoms with E-state index in [9.17, 15) is 0 Å². The van der Waals surface area contributed by atoms with Gasteiger partial charge in [-0.3, -0.25) is 9.88 Å². The van der Waals surface area contributed by atoms with Crippen LogP contribution in [0.2, 0.25) is 0 Å². The third-order valence-electron chi connectivity index (χ3n) is 4.27. The summed E-state index contributed by atoms with van der Waals surface area (Å²) in [5, 5.41) is 4.07. The first kappa shape index (κ1) is 14.1. The van der Waals surface area contributed by atoms with Crippen LogP contribution in [0.25, 0.3) is 11.4 Å². The first-order chi connectivity index (χ1) is 11.4. The predicted molar refractivity (Wildman–Crippen MR) is 86.4 cm³/mol. The first-order valence-corrected chi connectivity index (χ1v) is 7.92. The Morgan fingerprint density at radius 1 is 1.13 bits per heavy atom. The Bertz CT molecular complexity index is 757. The van der Waals surface area contributed by atoms with Crippen LogP contribution in [0.3, 0.4) is 0 Å². The highest BCUT2D eigenvalue weighted by molar-refractivity contribution is 5.51. The summed E-state index contributed by atoms with van der Waals surface area (Å²) in [6.07, 6.45) is 5.85. The van der Waals surface area contributed by atoms with Crippen LogP contribution in [0, 0.1) is 0 Å². The number of nitrogens with zero attached hydrogens (tertiary/aromatic N) is 4. The zero-order chi connectivity index (χ0) is 15.5. The van der Waals surface area contributed by atoms with Crippen LogP contribution in [0.5, 0.6) is 0 Å². The van der Waals surface area contributed by atoms with Gasteiger partial charge in [0.15, 0.2) is 0 Å². The maximum Gasteiger partial charge on any atom is 0.241 e. The molecule has 23 heavy (non-hydrogen) atoms. The molecule has 0 aliphatic carbocycles. The van der Waals surface area contributed by atoms with Gasteiger partial charge in [0, 0.05) is 24.0 Å². The van der Waals surface area contributed by atoms with E-state index in [1.807, 2.05) is 12.1 Å². The number of rotatable bonds is 4. The topological polar surface area (TPSA) is 55.1 Å². The number of aromatic nitrogens is 3. The van der Waals surface area contributed by atoms with E-state index in [0.29, 0.717) is 24.3 Å². The lowest BCUT2D eigenvalue weighted by molar-refractivity contribution is 0.212. The number of pyridine rings is 1. The quantitative estimate of drug-likeness (QED) is 0.738. The summed E-state index contributed by atoms with van der Waals surface area (Å²) in [6, 6.07) is 14.9. The van der Waals surface area contributed by atoms with Gasteiger partial charge in [0.2, 0.25) is 11.7 Å². The fraction of sp³-hybridized carbons (Fsp3) is 0.278. The predicted octanol–water partition coefficient (Wildman–Crippen LogP) is 3.47. The van der Waals surface area contributed by atoms with Gasteiger partial charge >= 0.3 is 0 Å². The smallest absolute Gasteiger partial charge is 0.241 e. The van der Waals surface area contributed by atoms with Gasteiger partial charge in [-0.1, -0.05) is 35.5 Å². The molecule has 3 aromatic rings. The molecule has 5 heteroatoms. The summed E-state index contributed by atoms with van der Waals surface area (Å²) in [5.41, 5.74) is 2.24. The minimum atomic E-state index is 0.435. The summed E-state index contributed by atoms with van der Waals surface area (Å²) >= 11 is 0. The number of hydrogen-bond donors (Lipinski definition) is 0. The molecule has 1 aliphatic heterocycles. The van der Waals surface area contributed by atoms with Gasteiger partial charge in [-0.05, 0) is 37.1 Å². The number of hydrogen-bond acceptors (Lipinski definition) is 5. The van der Waals surface area contributed by atoms with Crippen molar-refractivity contribution in [3.63, 3.8) is 0 Å². The molecule has 4 rings (SSSR count). The molecule has 5 nitrogen and oxygen atoms in total. The Morgan fingerprint density at radius 2 is 2.04 bits per heavy atom. The Morgan fingerprint density at radius 3 is 2.87 bits per heavy atom. The van der Waals surface area contributed by atoms with Gasteiger partial charge in [-0.25, -0.2) is 0 Å². The molecule has 1 aliphatic rings. The Hall–Kier alpha value is -2.53. The lowest BCUT2D eigenvalue weighted by atomic mass is 10.0. The second-order valence-electron chi connectivity index (χ2n) is 5.79. The van der Waals surface area contributed by atoms with Gasteiger partial charge in [0.1, 0.15) is 0 Å². The highest BCUT2D eigenvalue weighted by Gasteiger charge is 2.27. The van der Waals surface area contributed by atoms with Crippen molar-refractivity contribution in [3.05, 3.63) is 66.3 Å². The molecule has 1 fully saturated rings. The van der Waals surface area contributed by atoms with E-state index in [-0.39, 0.29) is 0 Å². The van der Waals surface area contributed by atoms with Gasteiger partial charge in [0.05, 0.1) is 6.54 Å². The van der Waals surface area contributed by atoms with E-state index >= 15 is 0 Å². The fourth-order valence-corrected chi connectivity index (χ4v) is 3.17. The zero-order valence-electron chi connectivity index (χ0n) is 12.8. The summed E-state index contributed by atoms with van der Waals surface area (Å²) < 4.78 is 5.43. The molecule has 1 aromatic carbocycles. The third-order valence-corrected chi connectivity index (χ3v) is 4.27. The molecule has 0 radical (unpaired) electrons. The molecule has 0 N–H and O–H groups in total. The number of likely N-dealkylation sites (tertiary alicyclic amines) is 1. The molecule has 1 unspecified atom stereocenters. The summed E-state index contributed by atoms with van der Waals surface area (Å²) in [5.74, 6) is 1.26. The van der Waals surface area contributed by atoms with Crippen molar-refractivity contribution >= 4 is 0 Å². The van der Waals surface area contributed by atoms with Crippen LogP contribution in [0.1, 0.15) is 30.3 Å². The molecule has 0 bridgehead atoms. The lowest BCUT2D eigenvalue weighted by Crippen LogP contribution is -2.22. The van der Waals surface area contributed by atoms with E-state index in [1.54, 1.807) is 12.4 Å². The van der Waals surface area contributed by atoms with Crippen molar-refractivity contribution in [1.29, 1.82) is 0 Å². The molecule has 1 saturated heterocycles. The maximum atomic E-state index is 5.43. The minimum Gasteiger partial charge on any atom is -0.338 e. The van der Waals surface area contributed by atoms with Gasteiger partial charge in [0.25, 0.3) is 0 Å². The molecule has 0 spiro atoms. The second kappa shape index (κ2) is 6.30. The first-order valence-electron chi connectivity index (χ1n) is 7.92. The van der Waals surface area contributed by atoms with Crippen LogP contribution >= 0.6 is 0 Å². The van der Waals surface area contributed by atoms with Crippen LogP contribution in [-0.4, -0.2) is 26.6 Å². The van der Waals surface area contributed by atoms with E-state index in [0.717, 1.165) is 12.1 Å². The van der Waals surface area contributed by atoms with E-state index < -0.39 is 0 Å². The summed E-state index contributed by atoms with van der Waals surface area (Å²) in [4.78, 5) is 11.0. The van der Waals surface area contributed by atoms with Crippen molar-refractivity contribution in [2.24, 2.45) is 0 Å². The fourth-order valence-electron chi connectivity index (χ4n) is 3.17. The Labute approximate surface area is 135 Å². The van der Waals surface area contributed by atoms with Crippen molar-refractivity contribution in [2.75, 3.05) is 6.54 Å². The van der Waals surface area contributed by atoms with E-state index in [2.05, 4.69) is 50.4 Å². The summed E-state index contributed by atoms with van der Waals surface area (Å²) in [6.45, 7) is 1.75. The second-order valence-corrected chi connectivity index (χ2v) is 5.79. The minimum absolute atomic E-state index is 0.435. The van der Waals surface area contributed by atoms with Crippen LogP contribution in [0.4, 0.5) is 0 Å². The van der Waals surface area contributed by atoms with Crippen molar-refractivity contribution in [2.45, 2.75) is 25.4 Å². The van der Waals surface area contributed by atoms with E-state index in [1.165, 1.54) is 18.4 Å². The van der Waals surface area contributed by atoms with E-state index in [4.69, 9.17) is 4.52 Å². The lowest BCUT2D eigenvalue weighted by Gasteiger charge is -2.22. The zero-order valence-corrected chi connectivity index (χ0v) is 12.8. The number of benzene rings is 1. The Balaban J connectivity index is 1.51. The molecule has 0 saturated carbocycles. The molecular formula is C18H18N4O. The highest BCUT2D eigenvalue weighted by atomic mass is 16.5. The average Bonchev–Trinajstić information content (AvgIpc) is 3.26. The van der Waals surface area contributed by atoms with Gasteiger partial charge in [-0.2, -0.15) is 4.98 Å². The molecule has 0 amide bonds. The Kier molecular flexibility index (Phi) is 3.86. The van der Waals surface area contributed by atoms with Crippen LogP contribution < -0.4 is 0 Å². The normalized spacial score (nSPS) is 18.3. The van der Waals surface area contributed by atoms with Gasteiger partial charge in [-0.15, -0.1) is 0 Å². The SMILES string of the molecule is c1ccc(C2CCCN2Cc2nc(-c3cccnc3)no2)cc1. The standard InChI is InChI=1S/C18H18N4O/c1-2-6-14(7-3-1)16-9-5-11-22(16)13-17-20-18(21-23-17)15-8-4-10-19-12-15/h1-4,6-8,10,12,16H,5,9,11,13H2.